The highest BCUT2D eigenvalue weighted by molar-refractivity contribution is 6.08. The molecular weight excluding hydrogens is 312 g/mol. The van der Waals surface area contributed by atoms with Crippen LogP contribution in [0.25, 0.3) is 10.8 Å². The van der Waals surface area contributed by atoms with Gasteiger partial charge in [-0.2, -0.15) is 0 Å². The molecule has 4 heteroatoms. The first-order valence-electron chi connectivity index (χ1n) is 9.23. The highest BCUT2D eigenvalue weighted by Crippen LogP contribution is 2.31. The third-order valence-electron chi connectivity index (χ3n) is 5.71. The van der Waals surface area contributed by atoms with Crippen molar-refractivity contribution in [3.05, 3.63) is 47.0 Å². The van der Waals surface area contributed by atoms with Crippen LogP contribution in [0.1, 0.15) is 40.7 Å². The second kappa shape index (κ2) is 6.77. The van der Waals surface area contributed by atoms with E-state index in [2.05, 4.69) is 42.1 Å². The van der Waals surface area contributed by atoms with Gasteiger partial charge >= 0.3 is 5.97 Å². The first-order chi connectivity index (χ1) is 12.1. The number of ether oxygens (including phenoxy) is 1. The SMILES string of the molecule is CN(C)[C@H]1CCCN(Cc2ccc3c4c(cccc24)C(=O)OC3)CC1. The van der Waals surface area contributed by atoms with E-state index in [1.165, 1.54) is 30.2 Å². The largest absolute Gasteiger partial charge is 0.457 e. The molecule has 2 aromatic rings. The van der Waals surface area contributed by atoms with Gasteiger partial charge in [0.15, 0.2) is 0 Å². The molecule has 2 aromatic carbocycles. The number of nitrogens with zero attached hydrogens (tertiary/aromatic N) is 2. The average Bonchev–Trinajstić information content (AvgIpc) is 2.85. The third-order valence-corrected chi connectivity index (χ3v) is 5.71. The maximum Gasteiger partial charge on any atom is 0.339 e. The molecule has 0 unspecified atom stereocenters. The van der Waals surface area contributed by atoms with Gasteiger partial charge in [-0.25, -0.2) is 4.79 Å². The Kier molecular flexibility index (Phi) is 4.48. The second-order valence-electron chi connectivity index (χ2n) is 7.51. The van der Waals surface area contributed by atoms with Crippen LogP contribution in [0.5, 0.6) is 0 Å². The number of cyclic esters (lactones) is 1. The van der Waals surface area contributed by atoms with E-state index in [0.717, 1.165) is 30.6 Å². The molecule has 0 saturated carbocycles. The Morgan fingerprint density at radius 3 is 2.88 bits per heavy atom. The zero-order valence-electron chi connectivity index (χ0n) is 15.1. The number of carbonyl (C=O) groups is 1. The van der Waals surface area contributed by atoms with E-state index in [4.69, 9.17) is 4.74 Å². The highest BCUT2D eigenvalue weighted by atomic mass is 16.5. The molecule has 4 nitrogen and oxygen atoms in total. The van der Waals surface area contributed by atoms with Gasteiger partial charge in [0.1, 0.15) is 6.61 Å². The van der Waals surface area contributed by atoms with Crippen LogP contribution in [0.3, 0.4) is 0 Å². The fourth-order valence-electron chi connectivity index (χ4n) is 4.24. The van der Waals surface area contributed by atoms with Crippen molar-refractivity contribution in [3.8, 4) is 0 Å². The normalized spacial score (nSPS) is 21.4. The minimum atomic E-state index is -0.196. The van der Waals surface area contributed by atoms with Gasteiger partial charge in [-0.3, -0.25) is 4.90 Å². The van der Waals surface area contributed by atoms with E-state index in [-0.39, 0.29) is 5.97 Å². The first kappa shape index (κ1) is 16.6. The van der Waals surface area contributed by atoms with Crippen molar-refractivity contribution in [1.82, 2.24) is 9.80 Å². The van der Waals surface area contributed by atoms with Crippen LogP contribution in [-0.4, -0.2) is 49.0 Å². The standard InChI is InChI=1S/C21H26N2O2/c1-22(2)17-5-4-11-23(12-10-17)13-15-8-9-16-14-25-21(24)19-7-3-6-18(15)20(16)19/h3,6-9,17H,4-5,10-14H2,1-2H3/t17-/m0/s1. The zero-order valence-corrected chi connectivity index (χ0v) is 15.1. The second-order valence-corrected chi connectivity index (χ2v) is 7.51. The van der Waals surface area contributed by atoms with Crippen molar-refractivity contribution < 1.29 is 9.53 Å². The summed E-state index contributed by atoms with van der Waals surface area (Å²) in [5.41, 5.74) is 3.15. The summed E-state index contributed by atoms with van der Waals surface area (Å²) < 4.78 is 5.28. The molecule has 1 fully saturated rings. The predicted octanol–water partition coefficient (Wildman–Crippen LogP) is 3.43. The summed E-state index contributed by atoms with van der Waals surface area (Å²) in [5.74, 6) is -0.196. The van der Waals surface area contributed by atoms with Gasteiger partial charge in [-0.15, -0.1) is 0 Å². The quantitative estimate of drug-likeness (QED) is 0.803. The Balaban J connectivity index is 1.62. The van der Waals surface area contributed by atoms with E-state index in [1.54, 1.807) is 0 Å². The predicted molar refractivity (Wildman–Crippen MR) is 99.7 cm³/mol. The molecule has 0 aliphatic carbocycles. The topological polar surface area (TPSA) is 32.8 Å². The lowest BCUT2D eigenvalue weighted by Crippen LogP contribution is -2.30. The van der Waals surface area contributed by atoms with Gasteiger partial charge in [0, 0.05) is 18.0 Å². The van der Waals surface area contributed by atoms with Gasteiger partial charge in [-0.05, 0) is 69.0 Å². The monoisotopic (exact) mass is 338 g/mol. The molecule has 0 radical (unpaired) electrons. The molecule has 4 rings (SSSR count). The minimum Gasteiger partial charge on any atom is -0.457 e. The summed E-state index contributed by atoms with van der Waals surface area (Å²) in [6, 6.07) is 11.0. The van der Waals surface area contributed by atoms with E-state index in [1.807, 2.05) is 12.1 Å². The van der Waals surface area contributed by atoms with Crippen molar-refractivity contribution in [2.75, 3.05) is 27.2 Å². The zero-order chi connectivity index (χ0) is 17.4. The van der Waals surface area contributed by atoms with Crippen molar-refractivity contribution in [3.63, 3.8) is 0 Å². The van der Waals surface area contributed by atoms with Crippen LogP contribution in [-0.2, 0) is 17.9 Å². The summed E-state index contributed by atoms with van der Waals surface area (Å²) in [7, 11) is 4.37. The Morgan fingerprint density at radius 1 is 1.16 bits per heavy atom. The minimum absolute atomic E-state index is 0.196. The Morgan fingerprint density at radius 2 is 2.04 bits per heavy atom. The Hall–Kier alpha value is -1.91. The molecule has 0 bridgehead atoms. The summed E-state index contributed by atoms with van der Waals surface area (Å²) in [6.07, 6.45) is 3.75. The summed E-state index contributed by atoms with van der Waals surface area (Å²) in [4.78, 5) is 17.0. The molecule has 132 valence electrons. The van der Waals surface area contributed by atoms with E-state index >= 15 is 0 Å². The molecule has 0 spiro atoms. The smallest absolute Gasteiger partial charge is 0.339 e. The first-order valence-corrected chi connectivity index (χ1v) is 9.23. The molecule has 2 heterocycles. The van der Waals surface area contributed by atoms with Crippen LogP contribution in [0.4, 0.5) is 0 Å². The molecule has 1 atom stereocenters. The van der Waals surface area contributed by atoms with E-state index in [9.17, 15) is 4.79 Å². The van der Waals surface area contributed by atoms with Crippen LogP contribution in [0, 0.1) is 0 Å². The average molecular weight is 338 g/mol. The number of esters is 1. The van der Waals surface area contributed by atoms with Crippen LogP contribution >= 0.6 is 0 Å². The molecular formula is C21H26N2O2. The van der Waals surface area contributed by atoms with Gasteiger partial charge < -0.3 is 9.64 Å². The van der Waals surface area contributed by atoms with Gasteiger partial charge in [0.05, 0.1) is 5.56 Å². The number of rotatable bonds is 3. The van der Waals surface area contributed by atoms with Crippen LogP contribution in [0.2, 0.25) is 0 Å². The lowest BCUT2D eigenvalue weighted by atomic mass is 9.94. The maximum atomic E-state index is 12.1. The molecule has 1 saturated heterocycles. The maximum absolute atomic E-state index is 12.1. The molecule has 0 amide bonds. The van der Waals surface area contributed by atoms with Crippen molar-refractivity contribution in [2.24, 2.45) is 0 Å². The lowest BCUT2D eigenvalue weighted by molar-refractivity contribution is 0.0463. The fourth-order valence-corrected chi connectivity index (χ4v) is 4.24. The highest BCUT2D eigenvalue weighted by Gasteiger charge is 2.23. The van der Waals surface area contributed by atoms with Gasteiger partial charge in [0.2, 0.25) is 0 Å². The number of hydrogen-bond donors (Lipinski definition) is 0. The summed E-state index contributed by atoms with van der Waals surface area (Å²) in [5, 5.41) is 2.30. The molecule has 0 N–H and O–H groups in total. The van der Waals surface area contributed by atoms with Gasteiger partial charge in [0.25, 0.3) is 0 Å². The number of likely N-dealkylation sites (tertiary alicyclic amines) is 1. The van der Waals surface area contributed by atoms with E-state index in [0.29, 0.717) is 18.2 Å². The number of hydrogen-bond acceptors (Lipinski definition) is 4. The van der Waals surface area contributed by atoms with Crippen molar-refractivity contribution in [2.45, 2.75) is 38.5 Å². The number of carbonyl (C=O) groups excluding carboxylic acids is 1. The Bertz CT molecular complexity index is 800. The fraction of sp³-hybridized carbons (Fsp3) is 0.476. The summed E-state index contributed by atoms with van der Waals surface area (Å²) >= 11 is 0. The van der Waals surface area contributed by atoms with Crippen molar-refractivity contribution >= 4 is 16.7 Å². The molecule has 0 aromatic heterocycles. The third kappa shape index (κ3) is 3.16. The van der Waals surface area contributed by atoms with Crippen LogP contribution < -0.4 is 0 Å². The number of benzene rings is 2. The Labute approximate surface area is 149 Å². The molecule has 2 aliphatic heterocycles. The van der Waals surface area contributed by atoms with Gasteiger partial charge in [-0.1, -0.05) is 24.3 Å². The molecule has 25 heavy (non-hydrogen) atoms. The van der Waals surface area contributed by atoms with Crippen molar-refractivity contribution in [1.29, 1.82) is 0 Å². The van der Waals surface area contributed by atoms with E-state index < -0.39 is 0 Å². The summed E-state index contributed by atoms with van der Waals surface area (Å²) in [6.45, 7) is 3.62. The molecule has 2 aliphatic rings. The van der Waals surface area contributed by atoms with Crippen LogP contribution in [0.15, 0.2) is 30.3 Å². The lowest BCUT2D eigenvalue weighted by Gasteiger charge is -2.24.